The van der Waals surface area contributed by atoms with Crippen molar-refractivity contribution in [1.82, 2.24) is 0 Å². The highest BCUT2D eigenvalue weighted by molar-refractivity contribution is 7.27. The van der Waals surface area contributed by atoms with Crippen molar-refractivity contribution in [1.29, 1.82) is 10.8 Å². The van der Waals surface area contributed by atoms with Crippen LogP contribution in [0.25, 0.3) is 64.3 Å². The lowest BCUT2D eigenvalue weighted by atomic mass is 9.93. The Labute approximate surface area is 320 Å². The van der Waals surface area contributed by atoms with Gasteiger partial charge in [0, 0.05) is 48.6 Å². The average Bonchev–Trinajstić information content (AvgIpc) is 3.64. The van der Waals surface area contributed by atoms with Crippen LogP contribution in [0.4, 0.5) is 0 Å². The van der Waals surface area contributed by atoms with Crippen LogP contribution in [-0.4, -0.2) is 18.8 Å². The number of hydrogen-bond acceptors (Lipinski definition) is 3. The van der Waals surface area contributed by atoms with E-state index < -0.39 is 0 Å². The van der Waals surface area contributed by atoms with Gasteiger partial charge in [-0.05, 0) is 58.8 Å². The summed E-state index contributed by atoms with van der Waals surface area (Å²) in [4.78, 5) is 3.49. The van der Waals surface area contributed by atoms with E-state index in [4.69, 9.17) is 10.8 Å². The lowest BCUT2D eigenvalue weighted by molar-refractivity contribution is 1.43. The number of aryl methyl sites for hydroxylation is 1. The predicted molar refractivity (Wildman–Crippen MR) is 235 cm³/mol. The van der Waals surface area contributed by atoms with Gasteiger partial charge in [0.05, 0.1) is 0 Å². The predicted octanol–water partition coefficient (Wildman–Crippen LogP) is 13.9. The molecule has 0 bridgehead atoms. The maximum absolute atomic E-state index is 8.26. The standard InChI is InChI=1S/C35H23NS.C8H8N2.C7H8/c36-22-26-18-19-30(29-17-9-15-24-14-7-8-16-28(24)29)35-33(26)32-21-27(23-10-3-1-4-11-23)20-31(34(32)37-35)25-12-5-2-6-13-25;1-10-8(9)7-5-3-2-4-6-7;1-7-5-3-2-4-6-7/h1-22,36H;2-6,9H,1H2;2-6H,1H3. The number of amidine groups is 1. The first kappa shape index (κ1) is 35.6. The number of rotatable bonds is 5. The average molecular weight is 714 g/mol. The number of thiophene rings is 1. The molecule has 0 aliphatic heterocycles. The quantitative estimate of drug-likeness (QED) is 0.132. The third-order valence-electron chi connectivity index (χ3n) is 9.33. The van der Waals surface area contributed by atoms with E-state index in [9.17, 15) is 0 Å². The number of aliphatic imine (C=N–C) groups is 1. The highest BCUT2D eigenvalue weighted by Gasteiger charge is 2.19. The van der Waals surface area contributed by atoms with Crippen molar-refractivity contribution in [3.05, 3.63) is 205 Å². The van der Waals surface area contributed by atoms with Gasteiger partial charge in [-0.15, -0.1) is 11.3 Å². The van der Waals surface area contributed by atoms with Gasteiger partial charge in [-0.25, -0.2) is 4.99 Å². The second-order valence-electron chi connectivity index (χ2n) is 12.8. The molecule has 0 unspecified atom stereocenters. The summed E-state index contributed by atoms with van der Waals surface area (Å²) >= 11 is 1.84. The van der Waals surface area contributed by atoms with Crippen molar-refractivity contribution in [2.75, 3.05) is 0 Å². The van der Waals surface area contributed by atoms with Crippen molar-refractivity contribution >= 4 is 61.0 Å². The second kappa shape index (κ2) is 16.7. The van der Waals surface area contributed by atoms with E-state index >= 15 is 0 Å². The molecule has 0 saturated heterocycles. The fraction of sp³-hybridized carbons (Fsp3) is 0.0200. The molecule has 0 radical (unpaired) electrons. The van der Waals surface area contributed by atoms with Crippen LogP contribution in [-0.2, 0) is 0 Å². The number of nitrogens with one attached hydrogen (secondary N) is 2. The molecule has 0 spiro atoms. The van der Waals surface area contributed by atoms with E-state index in [1.54, 1.807) is 0 Å². The molecule has 0 saturated carbocycles. The molecular weight excluding hydrogens is 675 g/mol. The Hall–Kier alpha value is -6.75. The van der Waals surface area contributed by atoms with Crippen molar-refractivity contribution < 1.29 is 0 Å². The van der Waals surface area contributed by atoms with E-state index in [0.717, 1.165) is 16.5 Å². The summed E-state index contributed by atoms with van der Waals surface area (Å²) in [5, 5.41) is 20.4. The lowest BCUT2D eigenvalue weighted by Crippen LogP contribution is -1.91. The minimum Gasteiger partial charge on any atom is -0.308 e. The molecule has 0 aliphatic carbocycles. The fourth-order valence-corrected chi connectivity index (χ4v) is 8.03. The van der Waals surface area contributed by atoms with Crippen LogP contribution in [0, 0.1) is 17.7 Å². The van der Waals surface area contributed by atoms with E-state index in [1.807, 2.05) is 59.9 Å². The Morgan fingerprint density at radius 1 is 0.537 bits per heavy atom. The van der Waals surface area contributed by atoms with Crippen LogP contribution >= 0.6 is 11.3 Å². The summed E-state index contributed by atoms with van der Waals surface area (Å²) in [6.45, 7) is 5.35. The van der Waals surface area contributed by atoms with Crippen LogP contribution in [0.1, 0.15) is 16.7 Å². The minimum atomic E-state index is 0.223. The molecule has 4 heteroatoms. The third-order valence-corrected chi connectivity index (χ3v) is 10.6. The molecule has 8 aromatic carbocycles. The van der Waals surface area contributed by atoms with Gasteiger partial charge >= 0.3 is 0 Å². The lowest BCUT2D eigenvalue weighted by Gasteiger charge is -2.10. The number of benzene rings is 8. The first-order chi connectivity index (χ1) is 26.6. The largest absolute Gasteiger partial charge is 0.308 e. The Kier molecular flexibility index (Phi) is 11.0. The molecule has 0 fully saturated rings. The van der Waals surface area contributed by atoms with E-state index in [-0.39, 0.29) is 5.84 Å². The molecular formula is C50H39N3S. The van der Waals surface area contributed by atoms with Crippen LogP contribution in [0.15, 0.2) is 193 Å². The van der Waals surface area contributed by atoms with E-state index in [1.165, 1.54) is 70.7 Å². The van der Waals surface area contributed by atoms with Gasteiger partial charge in [-0.3, -0.25) is 5.41 Å². The van der Waals surface area contributed by atoms with Crippen molar-refractivity contribution in [3.63, 3.8) is 0 Å². The Morgan fingerprint density at radius 2 is 1.13 bits per heavy atom. The zero-order valence-corrected chi connectivity index (χ0v) is 30.9. The molecule has 9 rings (SSSR count). The van der Waals surface area contributed by atoms with Crippen LogP contribution < -0.4 is 0 Å². The Morgan fingerprint density at radius 3 is 1.76 bits per heavy atom. The van der Waals surface area contributed by atoms with Crippen molar-refractivity contribution in [2.24, 2.45) is 4.99 Å². The summed E-state index contributed by atoms with van der Waals surface area (Å²) in [5.41, 5.74) is 10.4. The first-order valence-corrected chi connectivity index (χ1v) is 18.6. The molecule has 2 N–H and O–H groups in total. The maximum atomic E-state index is 8.26. The van der Waals surface area contributed by atoms with Crippen molar-refractivity contribution in [3.8, 4) is 33.4 Å². The summed E-state index contributed by atoms with van der Waals surface area (Å²) in [6.07, 6.45) is 1.50. The summed E-state index contributed by atoms with van der Waals surface area (Å²) in [6, 6.07) is 64.9. The SMILES string of the molecule is C=NC(=N)c1ccccc1.Cc1ccccc1.N=Cc1ccc(-c2cccc3ccccc23)c2sc3c(-c4ccccc4)cc(-c4ccccc4)cc3c12. The minimum absolute atomic E-state index is 0.223. The van der Waals surface area contributed by atoms with Gasteiger partial charge in [-0.2, -0.15) is 0 Å². The van der Waals surface area contributed by atoms with Gasteiger partial charge in [-0.1, -0.05) is 181 Å². The van der Waals surface area contributed by atoms with Crippen LogP contribution in [0.5, 0.6) is 0 Å². The van der Waals surface area contributed by atoms with E-state index in [2.05, 4.69) is 158 Å². The second-order valence-corrected chi connectivity index (χ2v) is 13.9. The summed E-state index contributed by atoms with van der Waals surface area (Å²) in [5.74, 6) is 0.223. The van der Waals surface area contributed by atoms with Gasteiger partial charge in [0.2, 0.25) is 0 Å². The normalized spacial score (nSPS) is 10.5. The topological polar surface area (TPSA) is 60.1 Å². The molecule has 0 aliphatic rings. The zero-order chi connectivity index (χ0) is 37.3. The van der Waals surface area contributed by atoms with Gasteiger partial charge < -0.3 is 5.41 Å². The highest BCUT2D eigenvalue weighted by Crippen LogP contribution is 2.47. The fourth-order valence-electron chi connectivity index (χ4n) is 6.65. The van der Waals surface area contributed by atoms with Crippen LogP contribution in [0.3, 0.4) is 0 Å². The molecule has 3 nitrogen and oxygen atoms in total. The molecule has 1 aromatic heterocycles. The molecule has 1 heterocycles. The summed E-state index contributed by atoms with van der Waals surface area (Å²) in [7, 11) is 0. The Bertz CT molecular complexity index is 2690. The van der Waals surface area contributed by atoms with Gasteiger partial charge in [0.1, 0.15) is 0 Å². The number of fused-ring (bicyclic) bond motifs is 4. The monoisotopic (exact) mass is 713 g/mol. The summed E-state index contributed by atoms with van der Waals surface area (Å²) < 4.78 is 2.49. The molecule has 0 atom stereocenters. The smallest absolute Gasteiger partial charge is 0.151 e. The van der Waals surface area contributed by atoms with Crippen molar-refractivity contribution in [2.45, 2.75) is 6.92 Å². The van der Waals surface area contributed by atoms with Gasteiger partial charge in [0.15, 0.2) is 5.84 Å². The highest BCUT2D eigenvalue weighted by atomic mass is 32.1. The maximum Gasteiger partial charge on any atom is 0.151 e. The molecule has 54 heavy (non-hydrogen) atoms. The van der Waals surface area contributed by atoms with Crippen LogP contribution in [0.2, 0.25) is 0 Å². The molecule has 0 amide bonds. The first-order valence-electron chi connectivity index (χ1n) is 17.8. The van der Waals surface area contributed by atoms with E-state index in [0.29, 0.717) is 0 Å². The Balaban J connectivity index is 0.000000218. The number of nitrogens with zero attached hydrogens (tertiary/aromatic N) is 1. The molecule has 260 valence electrons. The third kappa shape index (κ3) is 7.70. The zero-order valence-electron chi connectivity index (χ0n) is 30.0. The molecule has 9 aromatic rings. The number of hydrogen-bond donors (Lipinski definition) is 2. The van der Waals surface area contributed by atoms with Gasteiger partial charge in [0.25, 0.3) is 0 Å².